The molecule has 1 aromatic rings. The number of carbonyl (C=O) groups is 1. The molecule has 21 heavy (non-hydrogen) atoms. The minimum absolute atomic E-state index is 0.0393. The van der Waals surface area contributed by atoms with Crippen molar-refractivity contribution in [2.75, 3.05) is 29.7 Å². The van der Waals surface area contributed by atoms with Gasteiger partial charge >= 0.3 is 0 Å². The Morgan fingerprint density at radius 3 is 2.52 bits per heavy atom. The highest BCUT2D eigenvalue weighted by atomic mass is 32.2. The van der Waals surface area contributed by atoms with E-state index in [4.69, 9.17) is 5.26 Å². The summed E-state index contributed by atoms with van der Waals surface area (Å²) in [4.78, 5) is 13.6. The molecule has 1 aromatic carbocycles. The molecule has 7 heteroatoms. The second-order valence-electron chi connectivity index (χ2n) is 4.77. The van der Waals surface area contributed by atoms with E-state index in [1.54, 1.807) is 31.2 Å². The van der Waals surface area contributed by atoms with E-state index in [9.17, 15) is 13.2 Å². The van der Waals surface area contributed by atoms with Crippen LogP contribution in [0.2, 0.25) is 0 Å². The molecular formula is C14H17N3O3S. The van der Waals surface area contributed by atoms with Crippen LogP contribution in [0.25, 0.3) is 0 Å². The lowest BCUT2D eigenvalue weighted by molar-refractivity contribution is 0.0784. The number of amides is 1. The number of nitrogens with zero attached hydrogens (tertiary/aromatic N) is 3. The zero-order valence-corrected chi connectivity index (χ0v) is 12.6. The maximum atomic E-state index is 12.2. The van der Waals surface area contributed by atoms with Crippen LogP contribution in [0.5, 0.6) is 0 Å². The van der Waals surface area contributed by atoms with Crippen LogP contribution in [0, 0.1) is 11.3 Å². The summed E-state index contributed by atoms with van der Waals surface area (Å²) >= 11 is 0. The largest absolute Gasteiger partial charge is 0.326 e. The molecule has 1 heterocycles. The van der Waals surface area contributed by atoms with Crippen LogP contribution < -0.4 is 4.31 Å². The maximum Gasteiger partial charge on any atom is 0.254 e. The summed E-state index contributed by atoms with van der Waals surface area (Å²) in [5.74, 6) is -0.0608. The summed E-state index contributed by atoms with van der Waals surface area (Å²) in [6, 6.07) is 8.43. The number of carbonyl (C=O) groups excluding carboxylic acids is 1. The standard InChI is InChI=1S/C14H17N3O3S/c1-2-16(10-8-15)14(18)12-4-6-13(7-5-12)17-9-3-11-21(17,19)20/h4-7H,2-3,9-11H2,1H3. The predicted molar refractivity (Wildman–Crippen MR) is 79.4 cm³/mol. The monoisotopic (exact) mass is 307 g/mol. The smallest absolute Gasteiger partial charge is 0.254 e. The maximum absolute atomic E-state index is 12.2. The lowest BCUT2D eigenvalue weighted by atomic mass is 10.1. The Morgan fingerprint density at radius 2 is 2.05 bits per heavy atom. The number of rotatable bonds is 4. The number of hydrogen-bond acceptors (Lipinski definition) is 4. The average Bonchev–Trinajstić information content (AvgIpc) is 2.83. The van der Waals surface area contributed by atoms with E-state index in [-0.39, 0.29) is 18.2 Å². The number of nitriles is 1. The number of hydrogen-bond donors (Lipinski definition) is 0. The van der Waals surface area contributed by atoms with Crippen LogP contribution in [0.15, 0.2) is 24.3 Å². The van der Waals surface area contributed by atoms with Crippen molar-refractivity contribution >= 4 is 21.6 Å². The first-order valence-electron chi connectivity index (χ1n) is 6.76. The molecule has 0 aliphatic carbocycles. The van der Waals surface area contributed by atoms with Gasteiger partial charge in [0.05, 0.1) is 17.5 Å². The van der Waals surface area contributed by atoms with Crippen LogP contribution in [0.1, 0.15) is 23.7 Å². The van der Waals surface area contributed by atoms with E-state index in [0.717, 1.165) is 0 Å². The molecule has 0 bridgehead atoms. The van der Waals surface area contributed by atoms with Gasteiger partial charge in [-0.3, -0.25) is 9.10 Å². The molecule has 0 atom stereocenters. The third-order valence-electron chi connectivity index (χ3n) is 3.43. The molecule has 0 saturated carbocycles. The summed E-state index contributed by atoms with van der Waals surface area (Å²) in [6.07, 6.45) is 0.620. The van der Waals surface area contributed by atoms with Crippen molar-refractivity contribution in [3.63, 3.8) is 0 Å². The fraction of sp³-hybridized carbons (Fsp3) is 0.429. The van der Waals surface area contributed by atoms with E-state index < -0.39 is 10.0 Å². The zero-order valence-electron chi connectivity index (χ0n) is 11.8. The molecule has 1 aliphatic rings. The Labute approximate surface area is 124 Å². The van der Waals surface area contributed by atoms with Crippen molar-refractivity contribution in [3.05, 3.63) is 29.8 Å². The average molecular weight is 307 g/mol. The Morgan fingerprint density at radius 1 is 1.38 bits per heavy atom. The molecule has 112 valence electrons. The molecule has 1 aliphatic heterocycles. The second-order valence-corrected chi connectivity index (χ2v) is 6.78. The normalized spacial score (nSPS) is 16.5. The second kappa shape index (κ2) is 6.14. The fourth-order valence-electron chi connectivity index (χ4n) is 2.29. The van der Waals surface area contributed by atoms with Gasteiger partial charge in [-0.25, -0.2) is 8.42 Å². The summed E-state index contributed by atoms with van der Waals surface area (Å²) in [5.41, 5.74) is 1.03. The Balaban J connectivity index is 2.20. The van der Waals surface area contributed by atoms with Crippen LogP contribution in [-0.2, 0) is 10.0 Å². The van der Waals surface area contributed by atoms with Gasteiger partial charge in [0.15, 0.2) is 0 Å². The van der Waals surface area contributed by atoms with E-state index in [1.807, 2.05) is 6.07 Å². The molecule has 1 saturated heterocycles. The van der Waals surface area contributed by atoms with Crippen LogP contribution >= 0.6 is 0 Å². The van der Waals surface area contributed by atoms with Crippen molar-refractivity contribution in [1.82, 2.24) is 4.90 Å². The van der Waals surface area contributed by atoms with Gasteiger partial charge in [-0.2, -0.15) is 5.26 Å². The first kappa shape index (κ1) is 15.3. The summed E-state index contributed by atoms with van der Waals surface area (Å²) in [7, 11) is -3.21. The molecule has 0 aromatic heterocycles. The highest BCUT2D eigenvalue weighted by Gasteiger charge is 2.28. The summed E-state index contributed by atoms with van der Waals surface area (Å²) < 4.78 is 25.0. The lowest BCUT2D eigenvalue weighted by Gasteiger charge is -2.19. The summed E-state index contributed by atoms with van der Waals surface area (Å²) in [6.45, 7) is 2.78. The van der Waals surface area contributed by atoms with Crippen molar-refractivity contribution in [2.45, 2.75) is 13.3 Å². The highest BCUT2D eigenvalue weighted by Crippen LogP contribution is 2.24. The Kier molecular flexibility index (Phi) is 4.48. The quantitative estimate of drug-likeness (QED) is 0.783. The number of sulfonamides is 1. The van der Waals surface area contributed by atoms with E-state index >= 15 is 0 Å². The predicted octanol–water partition coefficient (Wildman–Crippen LogP) is 1.21. The highest BCUT2D eigenvalue weighted by molar-refractivity contribution is 7.93. The molecular weight excluding hydrogens is 290 g/mol. The minimum atomic E-state index is -3.21. The minimum Gasteiger partial charge on any atom is -0.326 e. The number of benzene rings is 1. The van der Waals surface area contributed by atoms with Gasteiger partial charge < -0.3 is 4.90 Å². The van der Waals surface area contributed by atoms with Crippen molar-refractivity contribution in [2.24, 2.45) is 0 Å². The van der Waals surface area contributed by atoms with E-state index in [2.05, 4.69) is 0 Å². The van der Waals surface area contributed by atoms with E-state index in [0.29, 0.717) is 30.8 Å². The SMILES string of the molecule is CCN(CC#N)C(=O)c1ccc(N2CCCS2(=O)=O)cc1. The molecule has 0 radical (unpaired) electrons. The van der Waals surface area contributed by atoms with Gasteiger partial charge in [-0.1, -0.05) is 0 Å². The van der Waals surface area contributed by atoms with Gasteiger partial charge in [0.1, 0.15) is 6.54 Å². The van der Waals surface area contributed by atoms with Crippen molar-refractivity contribution < 1.29 is 13.2 Å². The zero-order chi connectivity index (χ0) is 15.5. The van der Waals surface area contributed by atoms with Gasteiger partial charge in [0.2, 0.25) is 10.0 Å². The Bertz CT molecular complexity index is 662. The van der Waals surface area contributed by atoms with Gasteiger partial charge in [0, 0.05) is 18.7 Å². The van der Waals surface area contributed by atoms with E-state index in [1.165, 1.54) is 9.21 Å². The molecule has 6 nitrogen and oxygen atoms in total. The van der Waals surface area contributed by atoms with Gasteiger partial charge in [-0.15, -0.1) is 0 Å². The first-order valence-corrected chi connectivity index (χ1v) is 8.37. The van der Waals surface area contributed by atoms with Crippen molar-refractivity contribution in [3.8, 4) is 6.07 Å². The molecule has 0 spiro atoms. The molecule has 2 rings (SSSR count). The third-order valence-corrected chi connectivity index (χ3v) is 5.30. The van der Waals surface area contributed by atoms with Gasteiger partial charge in [0.25, 0.3) is 5.91 Å². The van der Waals surface area contributed by atoms with Crippen LogP contribution in [0.4, 0.5) is 5.69 Å². The molecule has 1 amide bonds. The summed E-state index contributed by atoms with van der Waals surface area (Å²) in [5, 5.41) is 8.69. The fourth-order valence-corrected chi connectivity index (χ4v) is 3.86. The molecule has 1 fully saturated rings. The first-order chi connectivity index (χ1) is 9.99. The van der Waals surface area contributed by atoms with Gasteiger partial charge in [-0.05, 0) is 37.6 Å². The topological polar surface area (TPSA) is 81.5 Å². The van der Waals surface area contributed by atoms with Crippen LogP contribution in [-0.4, -0.2) is 44.6 Å². The Hall–Kier alpha value is -2.07. The third kappa shape index (κ3) is 3.16. The molecule has 0 unspecified atom stereocenters. The number of anilines is 1. The van der Waals surface area contributed by atoms with Crippen molar-refractivity contribution in [1.29, 1.82) is 5.26 Å². The van der Waals surface area contributed by atoms with Crippen LogP contribution in [0.3, 0.4) is 0 Å². The molecule has 0 N–H and O–H groups in total. The lowest BCUT2D eigenvalue weighted by Crippen LogP contribution is -2.31.